The van der Waals surface area contributed by atoms with Crippen molar-refractivity contribution in [2.24, 2.45) is 0 Å². The van der Waals surface area contributed by atoms with E-state index in [1.54, 1.807) is 52.8 Å². The van der Waals surface area contributed by atoms with Crippen molar-refractivity contribution < 1.29 is 19.2 Å². The summed E-state index contributed by atoms with van der Waals surface area (Å²) in [4.78, 5) is 29.6. The molecule has 0 radical (unpaired) electrons. The number of nitrogens with zero attached hydrogens (tertiary/aromatic N) is 1. The lowest BCUT2D eigenvalue weighted by molar-refractivity contribution is -0.253. The number of hydroxylamine groups is 2. The molecule has 1 heterocycles. The Balaban J connectivity index is 0.00000277. The summed E-state index contributed by atoms with van der Waals surface area (Å²) in [6.07, 6.45) is 4.38. The molecule has 0 bridgehead atoms. The smallest absolute Gasteiger partial charge is 0.408 e. The van der Waals surface area contributed by atoms with E-state index in [0.29, 0.717) is 0 Å². The molecular formula is C19H32N2O4. The number of amides is 2. The van der Waals surface area contributed by atoms with Crippen molar-refractivity contribution in [2.75, 3.05) is 6.61 Å². The molecule has 0 aromatic rings. The van der Waals surface area contributed by atoms with Gasteiger partial charge in [-0.3, -0.25) is 9.63 Å². The van der Waals surface area contributed by atoms with E-state index >= 15 is 0 Å². The molecule has 2 amide bonds. The number of ether oxygens (including phenoxy) is 1. The molecule has 0 aliphatic carbocycles. The molecule has 0 aromatic carbocycles. The van der Waals surface area contributed by atoms with Gasteiger partial charge in [0.25, 0.3) is 5.91 Å². The van der Waals surface area contributed by atoms with E-state index < -0.39 is 23.3 Å². The molecule has 1 saturated heterocycles. The number of allylic oxidation sites excluding steroid dienone is 2. The van der Waals surface area contributed by atoms with Crippen molar-refractivity contribution in [1.82, 2.24) is 10.4 Å². The number of rotatable bonds is 6. The predicted molar refractivity (Wildman–Crippen MR) is 99.9 cm³/mol. The third kappa shape index (κ3) is 6.38. The van der Waals surface area contributed by atoms with Crippen LogP contribution in [-0.4, -0.2) is 40.9 Å². The molecule has 25 heavy (non-hydrogen) atoms. The summed E-state index contributed by atoms with van der Waals surface area (Å²) < 4.78 is 5.17. The molecule has 0 unspecified atom stereocenters. The van der Waals surface area contributed by atoms with Crippen molar-refractivity contribution >= 4 is 12.0 Å². The van der Waals surface area contributed by atoms with Crippen molar-refractivity contribution in [3.8, 4) is 0 Å². The van der Waals surface area contributed by atoms with E-state index in [-0.39, 0.29) is 12.5 Å². The van der Waals surface area contributed by atoms with E-state index in [1.165, 1.54) is 5.06 Å². The van der Waals surface area contributed by atoms with Crippen molar-refractivity contribution in [3.05, 3.63) is 37.0 Å². The molecule has 0 aromatic heterocycles. The summed E-state index contributed by atoms with van der Waals surface area (Å²) in [6, 6.07) is -0.687. The van der Waals surface area contributed by atoms with Gasteiger partial charge in [0, 0.05) is 0 Å². The third-order valence-electron chi connectivity index (χ3n) is 3.29. The first-order valence-corrected chi connectivity index (χ1v) is 8.43. The Hall–Kier alpha value is -2.08. The molecule has 6 heteroatoms. The fraction of sp³-hybridized carbons (Fsp3) is 0.579. The Morgan fingerprint density at radius 3 is 2.28 bits per heavy atom. The van der Waals surface area contributed by atoms with Crippen LogP contribution in [0.4, 0.5) is 4.79 Å². The van der Waals surface area contributed by atoms with Crippen LogP contribution in [0.5, 0.6) is 0 Å². The number of alkyl carbamates (subject to hydrolysis) is 1. The molecule has 0 spiro atoms. The lowest BCUT2D eigenvalue weighted by atomic mass is 9.84. The van der Waals surface area contributed by atoms with Gasteiger partial charge >= 0.3 is 6.09 Å². The van der Waals surface area contributed by atoms with Gasteiger partial charge in [-0.15, -0.1) is 0 Å². The topological polar surface area (TPSA) is 67.9 Å². The van der Waals surface area contributed by atoms with Crippen LogP contribution in [0.1, 0.15) is 48.5 Å². The molecule has 1 N–H and O–H groups in total. The molecule has 1 atom stereocenters. The quantitative estimate of drug-likeness (QED) is 0.584. The molecule has 1 rings (SSSR count). The second kappa shape index (κ2) is 9.42. The maximum atomic E-state index is 12.2. The van der Waals surface area contributed by atoms with Gasteiger partial charge in [0.15, 0.2) is 0 Å². The maximum absolute atomic E-state index is 12.2. The van der Waals surface area contributed by atoms with Gasteiger partial charge < -0.3 is 10.1 Å². The van der Waals surface area contributed by atoms with E-state index in [9.17, 15) is 9.59 Å². The lowest BCUT2D eigenvalue weighted by Gasteiger charge is -2.51. The minimum atomic E-state index is -0.687. The number of hydrogen-bond acceptors (Lipinski definition) is 4. The van der Waals surface area contributed by atoms with Crippen LogP contribution in [0.2, 0.25) is 0 Å². The van der Waals surface area contributed by atoms with Gasteiger partial charge in [0.2, 0.25) is 0 Å². The van der Waals surface area contributed by atoms with E-state index in [4.69, 9.17) is 9.57 Å². The fourth-order valence-electron chi connectivity index (χ4n) is 2.11. The summed E-state index contributed by atoms with van der Waals surface area (Å²) in [5.74, 6) is -0.317. The van der Waals surface area contributed by atoms with Gasteiger partial charge in [-0.25, -0.2) is 9.86 Å². The zero-order chi connectivity index (χ0) is 19.8. The average molecular weight is 352 g/mol. The standard InChI is InChI=1S/C17H26N2O4.C2H6/c1-8-10-12(9-2)11-22-19-14(20)13(17(19,6)7)18-15(21)23-16(3,4)5;1-2/h8-10,13H,1-2,11H2,3-7H3,(H,18,21);1-2H3/b12-10+;/t13-;/m1./s1. The van der Waals surface area contributed by atoms with E-state index in [0.717, 1.165) is 5.57 Å². The van der Waals surface area contributed by atoms with Gasteiger partial charge in [0.05, 0.1) is 5.54 Å². The summed E-state index contributed by atoms with van der Waals surface area (Å²) in [5.41, 5.74) is -0.493. The largest absolute Gasteiger partial charge is 0.444 e. The van der Waals surface area contributed by atoms with Gasteiger partial charge in [-0.1, -0.05) is 45.2 Å². The van der Waals surface area contributed by atoms with Crippen LogP contribution in [0.3, 0.4) is 0 Å². The summed E-state index contributed by atoms with van der Waals surface area (Å²) in [6.45, 7) is 20.4. The van der Waals surface area contributed by atoms with Crippen LogP contribution >= 0.6 is 0 Å². The number of carbonyl (C=O) groups excluding carboxylic acids is 2. The number of carbonyl (C=O) groups is 2. The normalized spacial score (nSPS) is 19.2. The highest BCUT2D eigenvalue weighted by Gasteiger charge is 2.56. The molecule has 6 nitrogen and oxygen atoms in total. The predicted octanol–water partition coefficient (Wildman–Crippen LogP) is 3.76. The Kier molecular flexibility index (Phi) is 8.63. The van der Waals surface area contributed by atoms with Crippen molar-refractivity contribution in [1.29, 1.82) is 0 Å². The molecule has 1 aliphatic rings. The second-order valence-electron chi connectivity index (χ2n) is 6.82. The van der Waals surface area contributed by atoms with Crippen LogP contribution < -0.4 is 5.32 Å². The Bertz CT molecular complexity index is 530. The molecule has 0 saturated carbocycles. The molecular weight excluding hydrogens is 320 g/mol. The summed E-state index contributed by atoms with van der Waals surface area (Å²) >= 11 is 0. The van der Waals surface area contributed by atoms with Crippen molar-refractivity contribution in [2.45, 2.75) is 65.6 Å². The van der Waals surface area contributed by atoms with Gasteiger partial charge in [-0.05, 0) is 40.2 Å². The molecule has 1 aliphatic heterocycles. The Morgan fingerprint density at radius 2 is 1.88 bits per heavy atom. The highest BCUT2D eigenvalue weighted by molar-refractivity contribution is 5.92. The Labute approximate surface area is 151 Å². The number of nitrogens with one attached hydrogen (secondary N) is 1. The molecule has 142 valence electrons. The highest BCUT2D eigenvalue weighted by atomic mass is 16.7. The third-order valence-corrected chi connectivity index (χ3v) is 3.29. The minimum absolute atomic E-state index is 0.198. The van der Waals surface area contributed by atoms with E-state index in [2.05, 4.69) is 18.5 Å². The first kappa shape index (κ1) is 22.9. The first-order valence-electron chi connectivity index (χ1n) is 8.43. The molecule has 1 fully saturated rings. The highest BCUT2D eigenvalue weighted by Crippen LogP contribution is 2.32. The SMILES string of the molecule is C=C/C=C(\C=C)CON1C(=O)[C@@H](NC(=O)OC(C)(C)C)C1(C)C.CC. The van der Waals surface area contributed by atoms with Gasteiger partial charge in [0.1, 0.15) is 18.2 Å². The first-order chi connectivity index (χ1) is 11.5. The lowest BCUT2D eigenvalue weighted by Crippen LogP contribution is -2.76. The van der Waals surface area contributed by atoms with Crippen LogP contribution in [0.25, 0.3) is 0 Å². The maximum Gasteiger partial charge on any atom is 0.408 e. The van der Waals surface area contributed by atoms with Crippen LogP contribution in [-0.2, 0) is 14.4 Å². The minimum Gasteiger partial charge on any atom is -0.444 e. The summed E-state index contributed by atoms with van der Waals surface area (Å²) in [7, 11) is 0. The average Bonchev–Trinajstić information content (AvgIpc) is 2.51. The number of hydrogen-bond donors (Lipinski definition) is 1. The second-order valence-corrected chi connectivity index (χ2v) is 6.82. The summed E-state index contributed by atoms with van der Waals surface area (Å²) in [5, 5.41) is 3.85. The monoisotopic (exact) mass is 352 g/mol. The number of β-lactam (4-membered cyclic amide) rings is 1. The Morgan fingerprint density at radius 1 is 1.32 bits per heavy atom. The zero-order valence-corrected chi connectivity index (χ0v) is 16.5. The fourth-order valence-corrected chi connectivity index (χ4v) is 2.11. The van der Waals surface area contributed by atoms with Crippen LogP contribution in [0, 0.1) is 0 Å². The van der Waals surface area contributed by atoms with Crippen molar-refractivity contribution in [3.63, 3.8) is 0 Å². The zero-order valence-electron chi connectivity index (χ0n) is 16.5. The van der Waals surface area contributed by atoms with E-state index in [1.807, 2.05) is 13.8 Å². The van der Waals surface area contributed by atoms with Gasteiger partial charge in [-0.2, -0.15) is 0 Å². The van der Waals surface area contributed by atoms with Crippen LogP contribution in [0.15, 0.2) is 37.0 Å².